The lowest BCUT2D eigenvalue weighted by molar-refractivity contribution is 0.0488. The van der Waals surface area contributed by atoms with Gasteiger partial charge in [0, 0.05) is 37.9 Å². The van der Waals surface area contributed by atoms with E-state index in [0.717, 1.165) is 31.6 Å². The minimum atomic E-state index is -0.524. The van der Waals surface area contributed by atoms with Crippen LogP contribution < -0.4 is 0 Å². The normalized spacial score (nSPS) is 22.9. The molecule has 0 aliphatic carbocycles. The van der Waals surface area contributed by atoms with Crippen molar-refractivity contribution in [1.29, 1.82) is 0 Å². The molecule has 1 aliphatic rings. The number of hydrogen-bond acceptors (Lipinski definition) is 4. The maximum absolute atomic E-state index is 10.4. The average Bonchev–Trinajstić information content (AvgIpc) is 2.65. The Morgan fingerprint density at radius 2 is 1.96 bits per heavy atom. The second kappa shape index (κ2) is 8.56. The molecule has 1 N–H and O–H groups in total. The standard InChI is InChI=1S/C21H29N3O/c1-17-14-19(11-13-24(17)15-18-8-4-3-5-9-18)23(2)16-21(25)20-10-6-7-12-22-20/h3-10,12,17,19,21,25H,11,13-16H2,1-2H3. The maximum atomic E-state index is 10.4. The summed E-state index contributed by atoms with van der Waals surface area (Å²) in [6.45, 7) is 5.07. The van der Waals surface area contributed by atoms with Gasteiger partial charge in [0.2, 0.25) is 0 Å². The van der Waals surface area contributed by atoms with Crippen LogP contribution in [0.15, 0.2) is 54.7 Å². The molecule has 1 saturated heterocycles. The van der Waals surface area contributed by atoms with Crippen LogP contribution in [0, 0.1) is 0 Å². The molecule has 4 nitrogen and oxygen atoms in total. The SMILES string of the molecule is CC1CC(N(C)CC(O)c2ccccn2)CCN1Cc1ccccc1. The Morgan fingerprint density at radius 3 is 2.64 bits per heavy atom. The monoisotopic (exact) mass is 339 g/mol. The van der Waals surface area contributed by atoms with E-state index < -0.39 is 6.10 Å². The lowest BCUT2D eigenvalue weighted by Gasteiger charge is -2.41. The first-order valence-electron chi connectivity index (χ1n) is 9.20. The Morgan fingerprint density at radius 1 is 1.20 bits per heavy atom. The minimum absolute atomic E-state index is 0.514. The molecule has 1 aliphatic heterocycles. The van der Waals surface area contributed by atoms with Gasteiger partial charge in [-0.05, 0) is 44.5 Å². The van der Waals surface area contributed by atoms with Gasteiger partial charge < -0.3 is 10.0 Å². The molecule has 0 radical (unpaired) electrons. The Balaban J connectivity index is 1.51. The molecule has 1 aromatic carbocycles. The molecule has 0 spiro atoms. The average molecular weight is 339 g/mol. The van der Waals surface area contributed by atoms with E-state index in [1.54, 1.807) is 6.20 Å². The summed E-state index contributed by atoms with van der Waals surface area (Å²) in [5, 5.41) is 10.4. The van der Waals surface area contributed by atoms with E-state index in [1.807, 2.05) is 18.2 Å². The van der Waals surface area contributed by atoms with Crippen LogP contribution in [0.25, 0.3) is 0 Å². The van der Waals surface area contributed by atoms with Gasteiger partial charge in [0.25, 0.3) is 0 Å². The van der Waals surface area contributed by atoms with Crippen molar-refractivity contribution in [3.05, 3.63) is 66.0 Å². The zero-order valence-electron chi connectivity index (χ0n) is 15.3. The van der Waals surface area contributed by atoms with Gasteiger partial charge in [-0.25, -0.2) is 0 Å². The summed E-state index contributed by atoms with van der Waals surface area (Å²) in [7, 11) is 2.12. The quantitative estimate of drug-likeness (QED) is 0.878. The summed E-state index contributed by atoms with van der Waals surface area (Å²) in [5.41, 5.74) is 2.13. The molecule has 2 aromatic rings. The number of hydrogen-bond donors (Lipinski definition) is 1. The third kappa shape index (κ3) is 4.88. The first kappa shape index (κ1) is 18.1. The second-order valence-electron chi connectivity index (χ2n) is 7.19. The third-order valence-electron chi connectivity index (χ3n) is 5.33. The number of likely N-dealkylation sites (N-methyl/N-ethyl adjacent to an activating group) is 1. The lowest BCUT2D eigenvalue weighted by Crippen LogP contribution is -2.48. The van der Waals surface area contributed by atoms with E-state index in [2.05, 4.69) is 59.1 Å². The maximum Gasteiger partial charge on any atom is 0.109 e. The van der Waals surface area contributed by atoms with Crippen LogP contribution in [0.4, 0.5) is 0 Å². The van der Waals surface area contributed by atoms with Gasteiger partial charge in [0.15, 0.2) is 0 Å². The fraction of sp³-hybridized carbons (Fsp3) is 0.476. The molecule has 134 valence electrons. The molecular formula is C21H29N3O. The minimum Gasteiger partial charge on any atom is -0.385 e. The predicted molar refractivity (Wildman–Crippen MR) is 101 cm³/mol. The Bertz CT molecular complexity index is 634. The molecule has 3 rings (SSSR count). The first-order chi connectivity index (χ1) is 12.1. The number of nitrogens with zero attached hydrogens (tertiary/aromatic N) is 3. The Labute approximate surface area is 151 Å². The fourth-order valence-corrected chi connectivity index (χ4v) is 3.74. The largest absolute Gasteiger partial charge is 0.385 e. The van der Waals surface area contributed by atoms with Crippen molar-refractivity contribution < 1.29 is 5.11 Å². The van der Waals surface area contributed by atoms with Crippen LogP contribution in [0.3, 0.4) is 0 Å². The number of rotatable bonds is 6. The van der Waals surface area contributed by atoms with E-state index in [9.17, 15) is 5.11 Å². The Hall–Kier alpha value is -1.75. The van der Waals surface area contributed by atoms with Crippen molar-refractivity contribution in [1.82, 2.24) is 14.8 Å². The topological polar surface area (TPSA) is 39.6 Å². The van der Waals surface area contributed by atoms with Crippen LogP contribution in [0.1, 0.15) is 37.1 Å². The molecule has 3 atom stereocenters. The van der Waals surface area contributed by atoms with E-state index in [4.69, 9.17) is 0 Å². The highest BCUT2D eigenvalue weighted by Gasteiger charge is 2.28. The van der Waals surface area contributed by atoms with Crippen LogP contribution in [0.2, 0.25) is 0 Å². The van der Waals surface area contributed by atoms with Crippen LogP contribution >= 0.6 is 0 Å². The molecule has 2 heterocycles. The van der Waals surface area contributed by atoms with Crippen molar-refractivity contribution in [2.75, 3.05) is 20.1 Å². The van der Waals surface area contributed by atoms with Crippen molar-refractivity contribution in [2.45, 2.75) is 44.5 Å². The molecule has 1 fully saturated rings. The van der Waals surface area contributed by atoms with Crippen LogP contribution in [-0.4, -0.2) is 52.1 Å². The van der Waals surface area contributed by atoms with E-state index in [0.29, 0.717) is 18.6 Å². The second-order valence-corrected chi connectivity index (χ2v) is 7.19. The van der Waals surface area contributed by atoms with E-state index in [1.165, 1.54) is 5.56 Å². The summed E-state index contributed by atoms with van der Waals surface area (Å²) < 4.78 is 0. The summed E-state index contributed by atoms with van der Waals surface area (Å²) in [5.74, 6) is 0. The number of piperidine rings is 1. The predicted octanol–water partition coefficient (Wildman–Crippen LogP) is 3.10. The summed E-state index contributed by atoms with van der Waals surface area (Å²) in [6, 6.07) is 17.5. The van der Waals surface area contributed by atoms with Gasteiger partial charge in [-0.2, -0.15) is 0 Å². The van der Waals surface area contributed by atoms with E-state index >= 15 is 0 Å². The zero-order chi connectivity index (χ0) is 17.6. The van der Waals surface area contributed by atoms with Gasteiger partial charge in [-0.3, -0.25) is 9.88 Å². The van der Waals surface area contributed by atoms with Crippen molar-refractivity contribution in [3.8, 4) is 0 Å². The fourth-order valence-electron chi connectivity index (χ4n) is 3.74. The van der Waals surface area contributed by atoms with Crippen molar-refractivity contribution in [2.24, 2.45) is 0 Å². The smallest absolute Gasteiger partial charge is 0.109 e. The molecule has 3 unspecified atom stereocenters. The van der Waals surface area contributed by atoms with Crippen molar-refractivity contribution in [3.63, 3.8) is 0 Å². The number of aliphatic hydroxyl groups is 1. The molecule has 1 aromatic heterocycles. The van der Waals surface area contributed by atoms with Crippen LogP contribution in [-0.2, 0) is 6.54 Å². The highest BCUT2D eigenvalue weighted by molar-refractivity contribution is 5.14. The zero-order valence-corrected chi connectivity index (χ0v) is 15.3. The number of pyridine rings is 1. The Kier molecular flexibility index (Phi) is 6.19. The summed E-state index contributed by atoms with van der Waals surface area (Å²) >= 11 is 0. The van der Waals surface area contributed by atoms with Gasteiger partial charge >= 0.3 is 0 Å². The summed E-state index contributed by atoms with van der Waals surface area (Å²) in [4.78, 5) is 9.13. The first-order valence-corrected chi connectivity index (χ1v) is 9.20. The van der Waals surface area contributed by atoms with Crippen LogP contribution in [0.5, 0.6) is 0 Å². The molecule has 25 heavy (non-hydrogen) atoms. The number of likely N-dealkylation sites (tertiary alicyclic amines) is 1. The lowest BCUT2D eigenvalue weighted by atomic mass is 9.96. The van der Waals surface area contributed by atoms with Gasteiger partial charge in [-0.1, -0.05) is 36.4 Å². The van der Waals surface area contributed by atoms with E-state index in [-0.39, 0.29) is 0 Å². The highest BCUT2D eigenvalue weighted by Crippen LogP contribution is 2.24. The third-order valence-corrected chi connectivity index (χ3v) is 5.33. The number of aliphatic hydroxyl groups excluding tert-OH is 1. The van der Waals surface area contributed by atoms with Gasteiger partial charge in [0.1, 0.15) is 6.10 Å². The molecule has 0 amide bonds. The molecule has 4 heteroatoms. The molecule has 0 saturated carbocycles. The highest BCUT2D eigenvalue weighted by atomic mass is 16.3. The number of benzene rings is 1. The summed E-state index contributed by atoms with van der Waals surface area (Å²) in [6.07, 6.45) is 3.49. The number of aromatic nitrogens is 1. The van der Waals surface area contributed by atoms with Gasteiger partial charge in [-0.15, -0.1) is 0 Å². The molecular weight excluding hydrogens is 310 g/mol. The van der Waals surface area contributed by atoms with Gasteiger partial charge in [0.05, 0.1) is 5.69 Å². The molecule has 0 bridgehead atoms. The van der Waals surface area contributed by atoms with Crippen molar-refractivity contribution >= 4 is 0 Å².